The summed E-state index contributed by atoms with van der Waals surface area (Å²) in [6.45, 7) is 4.19. The van der Waals surface area contributed by atoms with Crippen LogP contribution >= 0.6 is 23.2 Å². The third-order valence-electron chi connectivity index (χ3n) is 4.52. The molecule has 1 heterocycles. The van der Waals surface area contributed by atoms with Gasteiger partial charge in [-0.2, -0.15) is 5.26 Å². The molecule has 0 atom stereocenters. The van der Waals surface area contributed by atoms with Crippen LogP contribution in [0.3, 0.4) is 0 Å². The van der Waals surface area contributed by atoms with E-state index in [1.54, 1.807) is 18.2 Å². The van der Waals surface area contributed by atoms with E-state index in [1.165, 1.54) is 24.6 Å². The van der Waals surface area contributed by atoms with Crippen molar-refractivity contribution in [2.75, 3.05) is 23.3 Å². The predicted octanol–water partition coefficient (Wildman–Crippen LogP) is 5.45. The topological polar surface area (TPSA) is 56.1 Å². The van der Waals surface area contributed by atoms with Crippen LogP contribution in [-0.2, 0) is 4.79 Å². The molecule has 138 valence electrons. The average Bonchev–Trinajstić information content (AvgIpc) is 3.16. The minimum atomic E-state index is -0.511. The number of hydrogen-bond donors (Lipinski definition) is 1. The first-order chi connectivity index (χ1) is 13.0. The molecule has 0 aromatic heterocycles. The van der Waals surface area contributed by atoms with Crippen LogP contribution in [0.15, 0.2) is 42.0 Å². The first-order valence-electron chi connectivity index (χ1n) is 8.72. The lowest BCUT2D eigenvalue weighted by Crippen LogP contribution is -2.18. The zero-order valence-electron chi connectivity index (χ0n) is 14.9. The van der Waals surface area contributed by atoms with Crippen molar-refractivity contribution in [3.8, 4) is 6.07 Å². The fourth-order valence-electron chi connectivity index (χ4n) is 3.18. The summed E-state index contributed by atoms with van der Waals surface area (Å²) in [5, 5.41) is 12.8. The van der Waals surface area contributed by atoms with Gasteiger partial charge in [-0.25, -0.2) is 0 Å². The number of anilines is 2. The van der Waals surface area contributed by atoms with Gasteiger partial charge in [-0.05, 0) is 67.3 Å². The van der Waals surface area contributed by atoms with Crippen molar-refractivity contribution < 1.29 is 4.79 Å². The molecule has 1 saturated heterocycles. The molecule has 0 radical (unpaired) electrons. The van der Waals surface area contributed by atoms with Gasteiger partial charge in [0.15, 0.2) is 0 Å². The maximum Gasteiger partial charge on any atom is 0.266 e. The number of rotatable bonds is 4. The van der Waals surface area contributed by atoms with E-state index < -0.39 is 5.91 Å². The molecule has 1 N–H and O–H groups in total. The van der Waals surface area contributed by atoms with Gasteiger partial charge in [-0.1, -0.05) is 29.3 Å². The molecule has 1 aliphatic rings. The number of nitriles is 1. The second-order valence-corrected chi connectivity index (χ2v) is 7.33. The molecule has 27 heavy (non-hydrogen) atoms. The lowest BCUT2D eigenvalue weighted by Gasteiger charge is -2.20. The quantitative estimate of drug-likeness (QED) is 0.549. The number of carbonyl (C=O) groups is 1. The predicted molar refractivity (Wildman–Crippen MR) is 111 cm³/mol. The number of halogens is 2. The molecule has 4 nitrogen and oxygen atoms in total. The molecule has 6 heteroatoms. The Kier molecular flexibility index (Phi) is 6.05. The van der Waals surface area contributed by atoms with Crippen LogP contribution in [0.25, 0.3) is 6.08 Å². The van der Waals surface area contributed by atoms with Gasteiger partial charge in [0, 0.05) is 23.8 Å². The largest absolute Gasteiger partial charge is 0.371 e. The number of aryl methyl sites for hydroxylation is 1. The van der Waals surface area contributed by atoms with E-state index in [4.69, 9.17) is 23.2 Å². The average molecular weight is 400 g/mol. The zero-order valence-corrected chi connectivity index (χ0v) is 16.4. The summed E-state index contributed by atoms with van der Waals surface area (Å²) in [7, 11) is 0. The number of amides is 1. The van der Waals surface area contributed by atoms with Gasteiger partial charge in [-0.3, -0.25) is 4.79 Å². The summed E-state index contributed by atoms with van der Waals surface area (Å²) in [5.74, 6) is -0.511. The Balaban J connectivity index is 1.80. The van der Waals surface area contributed by atoms with Crippen molar-refractivity contribution in [1.29, 1.82) is 5.26 Å². The van der Waals surface area contributed by atoms with Crippen molar-refractivity contribution in [2.45, 2.75) is 19.8 Å². The van der Waals surface area contributed by atoms with Gasteiger partial charge in [0.1, 0.15) is 11.6 Å². The lowest BCUT2D eigenvalue weighted by atomic mass is 10.1. The van der Waals surface area contributed by atoms with E-state index in [9.17, 15) is 10.1 Å². The van der Waals surface area contributed by atoms with E-state index in [0.29, 0.717) is 15.7 Å². The molecule has 1 aliphatic heterocycles. The monoisotopic (exact) mass is 399 g/mol. The van der Waals surface area contributed by atoms with Crippen LogP contribution in [0.1, 0.15) is 24.0 Å². The highest BCUT2D eigenvalue weighted by Crippen LogP contribution is 2.27. The van der Waals surface area contributed by atoms with Gasteiger partial charge in [0.05, 0.1) is 10.7 Å². The van der Waals surface area contributed by atoms with Crippen LogP contribution in [-0.4, -0.2) is 19.0 Å². The molecule has 0 unspecified atom stereocenters. The smallest absolute Gasteiger partial charge is 0.266 e. The van der Waals surface area contributed by atoms with Gasteiger partial charge >= 0.3 is 0 Å². The third kappa shape index (κ3) is 4.63. The molecule has 0 spiro atoms. The maximum absolute atomic E-state index is 12.4. The van der Waals surface area contributed by atoms with Crippen molar-refractivity contribution >= 4 is 46.6 Å². The molecule has 1 amide bonds. The molecular weight excluding hydrogens is 381 g/mol. The van der Waals surface area contributed by atoms with Crippen LogP contribution in [0, 0.1) is 18.3 Å². The third-order valence-corrected chi connectivity index (χ3v) is 5.07. The van der Waals surface area contributed by atoms with Gasteiger partial charge in [-0.15, -0.1) is 0 Å². The first kappa shape index (κ1) is 19.3. The summed E-state index contributed by atoms with van der Waals surface area (Å²) in [6, 6.07) is 12.7. The van der Waals surface area contributed by atoms with Crippen LogP contribution < -0.4 is 10.2 Å². The number of benzene rings is 2. The molecular formula is C21H19Cl2N3O. The second kappa shape index (κ2) is 8.47. The Morgan fingerprint density at radius 3 is 2.56 bits per heavy atom. The Morgan fingerprint density at radius 1 is 1.19 bits per heavy atom. The number of hydrogen-bond acceptors (Lipinski definition) is 3. The Morgan fingerprint density at radius 2 is 1.93 bits per heavy atom. The Bertz CT molecular complexity index is 941. The van der Waals surface area contributed by atoms with Crippen molar-refractivity contribution in [3.05, 3.63) is 63.1 Å². The van der Waals surface area contributed by atoms with Gasteiger partial charge < -0.3 is 10.2 Å². The van der Waals surface area contributed by atoms with E-state index in [0.717, 1.165) is 24.2 Å². The molecule has 0 aliphatic carbocycles. The highest BCUT2D eigenvalue weighted by molar-refractivity contribution is 6.36. The van der Waals surface area contributed by atoms with Crippen molar-refractivity contribution in [1.82, 2.24) is 0 Å². The van der Waals surface area contributed by atoms with Crippen LogP contribution in [0.5, 0.6) is 0 Å². The highest BCUT2D eigenvalue weighted by atomic mass is 35.5. The minimum absolute atomic E-state index is 0.00865. The Labute approximate surface area is 169 Å². The standard InChI is InChI=1S/C21H19Cl2N3O/c1-14-10-15(4-7-20(14)26-8-2-3-9-26)11-16(13-24)21(27)25-19-6-5-17(22)12-18(19)23/h4-7,10-12H,2-3,8-9H2,1H3,(H,25,27). The Hall–Kier alpha value is -2.48. The van der Waals surface area contributed by atoms with Crippen LogP contribution in [0.2, 0.25) is 10.0 Å². The van der Waals surface area contributed by atoms with Gasteiger partial charge in [0.2, 0.25) is 0 Å². The molecule has 2 aromatic carbocycles. The lowest BCUT2D eigenvalue weighted by molar-refractivity contribution is -0.112. The maximum atomic E-state index is 12.4. The minimum Gasteiger partial charge on any atom is -0.371 e. The fraction of sp³-hybridized carbons (Fsp3) is 0.238. The number of nitrogens with zero attached hydrogens (tertiary/aromatic N) is 2. The second-order valence-electron chi connectivity index (χ2n) is 6.49. The summed E-state index contributed by atoms with van der Waals surface area (Å²) >= 11 is 11.9. The van der Waals surface area contributed by atoms with Crippen LogP contribution in [0.4, 0.5) is 11.4 Å². The number of nitrogens with one attached hydrogen (secondary N) is 1. The zero-order chi connectivity index (χ0) is 19.4. The van der Waals surface area contributed by atoms with E-state index in [2.05, 4.69) is 16.3 Å². The normalized spacial score (nSPS) is 14.1. The SMILES string of the molecule is Cc1cc(C=C(C#N)C(=O)Nc2ccc(Cl)cc2Cl)ccc1N1CCCC1. The van der Waals surface area contributed by atoms with Gasteiger partial charge in [0.25, 0.3) is 5.91 Å². The summed E-state index contributed by atoms with van der Waals surface area (Å²) < 4.78 is 0. The molecule has 0 bridgehead atoms. The first-order valence-corrected chi connectivity index (χ1v) is 9.47. The van der Waals surface area contributed by atoms with E-state index >= 15 is 0 Å². The molecule has 2 aromatic rings. The molecule has 1 fully saturated rings. The van der Waals surface area contributed by atoms with Crippen molar-refractivity contribution in [3.63, 3.8) is 0 Å². The van der Waals surface area contributed by atoms with E-state index in [-0.39, 0.29) is 5.57 Å². The summed E-state index contributed by atoms with van der Waals surface area (Å²) in [4.78, 5) is 14.8. The van der Waals surface area contributed by atoms with E-state index in [1.807, 2.05) is 25.1 Å². The number of carbonyl (C=O) groups excluding carboxylic acids is 1. The molecule has 3 rings (SSSR count). The summed E-state index contributed by atoms with van der Waals surface area (Å²) in [5.41, 5.74) is 3.57. The summed E-state index contributed by atoms with van der Waals surface area (Å²) in [6.07, 6.45) is 4.01. The molecule has 0 saturated carbocycles. The van der Waals surface area contributed by atoms with Crippen molar-refractivity contribution in [2.24, 2.45) is 0 Å². The fourth-order valence-corrected chi connectivity index (χ4v) is 3.63. The highest BCUT2D eigenvalue weighted by Gasteiger charge is 2.15.